The molecule has 7 heteroatoms. The molecule has 1 aromatic heterocycles. The van der Waals surface area contributed by atoms with Gasteiger partial charge in [0.15, 0.2) is 11.5 Å². The number of nitrogens with two attached hydrogens (primary N) is 1. The van der Waals surface area contributed by atoms with Crippen LogP contribution in [0, 0.1) is 11.3 Å². The molecule has 0 fully saturated rings. The van der Waals surface area contributed by atoms with Crippen LogP contribution in [0.1, 0.15) is 11.5 Å². The highest BCUT2D eigenvalue weighted by atomic mass is 16.5. The van der Waals surface area contributed by atoms with Gasteiger partial charge < -0.3 is 20.1 Å². The van der Waals surface area contributed by atoms with Gasteiger partial charge in [-0.05, 0) is 6.07 Å². The highest BCUT2D eigenvalue weighted by molar-refractivity contribution is 5.70. The van der Waals surface area contributed by atoms with Crippen LogP contribution in [0.5, 0.6) is 11.5 Å². The van der Waals surface area contributed by atoms with Gasteiger partial charge in [0, 0.05) is 6.07 Å². The summed E-state index contributed by atoms with van der Waals surface area (Å²) < 4.78 is 9.82. The van der Waals surface area contributed by atoms with Crippen LogP contribution < -0.4 is 10.5 Å². The Kier molecular flexibility index (Phi) is 3.12. The molecule has 0 spiro atoms. The summed E-state index contributed by atoms with van der Waals surface area (Å²) in [5, 5.41) is 22.5. The second-order valence-electron chi connectivity index (χ2n) is 3.40. The minimum Gasteiger partial charge on any atom is -0.504 e. The summed E-state index contributed by atoms with van der Waals surface area (Å²) in [5.41, 5.74) is 5.93. The summed E-state index contributed by atoms with van der Waals surface area (Å²) in [6, 6.07) is 4.82. The Morgan fingerprint density at radius 2 is 2.33 bits per heavy atom. The fourth-order valence-corrected chi connectivity index (χ4v) is 1.45. The number of nitrogens with zero attached hydrogens (tertiary/aromatic N) is 3. The molecule has 18 heavy (non-hydrogen) atoms. The molecule has 0 saturated heterocycles. The first-order valence-electron chi connectivity index (χ1n) is 5.03. The van der Waals surface area contributed by atoms with E-state index >= 15 is 0 Å². The maximum absolute atomic E-state index is 9.96. The maximum Gasteiger partial charge on any atom is 0.240 e. The molecule has 0 aliphatic heterocycles. The molecule has 3 N–H and O–H groups in total. The number of methoxy groups -OCH3 is 1. The number of ether oxygens (including phenoxy) is 1. The predicted molar refractivity (Wildman–Crippen MR) is 60.6 cm³/mol. The van der Waals surface area contributed by atoms with Crippen LogP contribution in [-0.4, -0.2) is 22.4 Å². The lowest BCUT2D eigenvalue weighted by Gasteiger charge is -2.06. The second-order valence-corrected chi connectivity index (χ2v) is 3.40. The summed E-state index contributed by atoms with van der Waals surface area (Å²) in [5.74, 6) is 0.415. The monoisotopic (exact) mass is 246 g/mol. The second kappa shape index (κ2) is 4.73. The van der Waals surface area contributed by atoms with E-state index in [0.29, 0.717) is 5.56 Å². The van der Waals surface area contributed by atoms with E-state index in [4.69, 9.17) is 20.3 Å². The first-order valence-corrected chi connectivity index (χ1v) is 5.03. The van der Waals surface area contributed by atoms with Gasteiger partial charge in [-0.25, -0.2) is 0 Å². The topological polar surface area (TPSA) is 118 Å². The van der Waals surface area contributed by atoms with Crippen molar-refractivity contribution in [3.05, 3.63) is 23.6 Å². The van der Waals surface area contributed by atoms with Crippen molar-refractivity contribution in [2.45, 2.75) is 6.54 Å². The van der Waals surface area contributed by atoms with Gasteiger partial charge in [0.2, 0.25) is 11.7 Å². The van der Waals surface area contributed by atoms with E-state index in [1.165, 1.54) is 19.2 Å². The van der Waals surface area contributed by atoms with Gasteiger partial charge in [0.1, 0.15) is 0 Å². The van der Waals surface area contributed by atoms with Gasteiger partial charge in [-0.1, -0.05) is 5.16 Å². The van der Waals surface area contributed by atoms with Crippen LogP contribution in [0.2, 0.25) is 0 Å². The summed E-state index contributed by atoms with van der Waals surface area (Å²) in [6.45, 7) is 0.100. The number of benzene rings is 1. The molecule has 92 valence electrons. The predicted octanol–water partition coefficient (Wildman–Crippen LogP) is 0.781. The van der Waals surface area contributed by atoms with Crippen LogP contribution in [0.15, 0.2) is 16.7 Å². The van der Waals surface area contributed by atoms with Crippen molar-refractivity contribution in [1.82, 2.24) is 10.1 Å². The normalized spacial score (nSPS) is 10.1. The van der Waals surface area contributed by atoms with Crippen molar-refractivity contribution >= 4 is 0 Å². The number of aromatic hydroxyl groups is 1. The van der Waals surface area contributed by atoms with Crippen molar-refractivity contribution < 1.29 is 14.4 Å². The van der Waals surface area contributed by atoms with Crippen LogP contribution in [0.3, 0.4) is 0 Å². The summed E-state index contributed by atoms with van der Waals surface area (Å²) in [4.78, 5) is 3.98. The van der Waals surface area contributed by atoms with Crippen LogP contribution >= 0.6 is 0 Å². The molecule has 0 unspecified atom stereocenters. The highest BCUT2D eigenvalue weighted by Crippen LogP contribution is 2.36. The van der Waals surface area contributed by atoms with Crippen LogP contribution in [0.25, 0.3) is 11.4 Å². The van der Waals surface area contributed by atoms with E-state index in [2.05, 4.69) is 10.1 Å². The number of rotatable bonds is 3. The molecule has 0 radical (unpaired) electrons. The number of phenolic OH excluding ortho intramolecular Hbond substituents is 1. The zero-order chi connectivity index (χ0) is 13.1. The quantitative estimate of drug-likeness (QED) is 0.821. The van der Waals surface area contributed by atoms with E-state index < -0.39 is 0 Å². The number of hydrogen-bond acceptors (Lipinski definition) is 7. The van der Waals surface area contributed by atoms with E-state index in [-0.39, 0.29) is 35.3 Å². The third-order valence-electron chi connectivity index (χ3n) is 2.31. The van der Waals surface area contributed by atoms with Crippen molar-refractivity contribution in [3.8, 4) is 29.0 Å². The summed E-state index contributed by atoms with van der Waals surface area (Å²) in [7, 11) is 1.39. The molecule has 0 amide bonds. The van der Waals surface area contributed by atoms with Crippen LogP contribution in [0.4, 0.5) is 0 Å². The average Bonchev–Trinajstić information content (AvgIpc) is 2.87. The fraction of sp³-hybridized carbons (Fsp3) is 0.182. The fourth-order valence-electron chi connectivity index (χ4n) is 1.45. The smallest absolute Gasteiger partial charge is 0.240 e. The first kappa shape index (κ1) is 11.9. The molecule has 1 heterocycles. The van der Waals surface area contributed by atoms with Crippen molar-refractivity contribution in [2.24, 2.45) is 5.73 Å². The minimum absolute atomic E-state index is 0.100. The Morgan fingerprint density at radius 3 is 2.89 bits per heavy atom. The molecular weight excluding hydrogens is 236 g/mol. The van der Waals surface area contributed by atoms with Crippen molar-refractivity contribution in [2.75, 3.05) is 7.11 Å². The van der Waals surface area contributed by atoms with Gasteiger partial charge in [0.25, 0.3) is 0 Å². The largest absolute Gasteiger partial charge is 0.504 e. The van der Waals surface area contributed by atoms with Crippen molar-refractivity contribution in [1.29, 1.82) is 5.26 Å². The molecule has 2 aromatic rings. The van der Waals surface area contributed by atoms with Gasteiger partial charge in [-0.15, -0.1) is 0 Å². The SMILES string of the molecule is COc1cc(C#N)cc(-c2noc(CN)n2)c1O. The van der Waals surface area contributed by atoms with E-state index in [9.17, 15) is 5.11 Å². The molecule has 0 bridgehead atoms. The van der Waals surface area contributed by atoms with Gasteiger partial charge >= 0.3 is 0 Å². The number of aromatic nitrogens is 2. The lowest BCUT2D eigenvalue weighted by atomic mass is 10.1. The molecular formula is C11H10N4O3. The molecule has 1 aromatic carbocycles. The van der Waals surface area contributed by atoms with E-state index in [0.717, 1.165) is 0 Å². The molecule has 7 nitrogen and oxygen atoms in total. The zero-order valence-corrected chi connectivity index (χ0v) is 9.54. The first-order chi connectivity index (χ1) is 8.69. The van der Waals surface area contributed by atoms with Crippen molar-refractivity contribution in [3.63, 3.8) is 0 Å². The standard InChI is InChI=1S/C11H10N4O3/c1-17-8-3-6(4-12)2-7(10(8)16)11-14-9(5-13)18-15-11/h2-3,16H,5,13H2,1H3. The van der Waals surface area contributed by atoms with Gasteiger partial charge in [0.05, 0.1) is 30.9 Å². The summed E-state index contributed by atoms with van der Waals surface area (Å²) in [6.07, 6.45) is 0. The molecule has 0 atom stereocenters. The van der Waals surface area contributed by atoms with E-state index in [1.54, 1.807) is 0 Å². The Bertz CT molecular complexity index is 615. The number of phenols is 1. The number of nitriles is 1. The average molecular weight is 246 g/mol. The van der Waals surface area contributed by atoms with Gasteiger partial charge in [-0.2, -0.15) is 10.2 Å². The lowest BCUT2D eigenvalue weighted by Crippen LogP contribution is -1.96. The molecule has 0 aliphatic rings. The Labute approximate surface area is 102 Å². The third-order valence-corrected chi connectivity index (χ3v) is 2.31. The minimum atomic E-state index is -0.152. The zero-order valence-electron chi connectivity index (χ0n) is 9.54. The lowest BCUT2D eigenvalue weighted by molar-refractivity contribution is 0.372. The third kappa shape index (κ3) is 1.97. The Hall–Kier alpha value is -2.59. The highest BCUT2D eigenvalue weighted by Gasteiger charge is 2.17. The molecule has 2 rings (SSSR count). The summed E-state index contributed by atoms with van der Waals surface area (Å²) >= 11 is 0. The van der Waals surface area contributed by atoms with Gasteiger partial charge in [-0.3, -0.25) is 0 Å². The molecule has 0 aliphatic carbocycles. The Morgan fingerprint density at radius 1 is 1.56 bits per heavy atom. The maximum atomic E-state index is 9.96. The van der Waals surface area contributed by atoms with Crippen LogP contribution in [-0.2, 0) is 6.54 Å². The van der Waals surface area contributed by atoms with E-state index in [1.807, 2.05) is 6.07 Å². The molecule has 0 saturated carbocycles. The number of hydrogen-bond donors (Lipinski definition) is 2. The Balaban J connectivity index is 2.59.